The third kappa shape index (κ3) is 1.12. The van der Waals surface area contributed by atoms with Gasteiger partial charge in [0.25, 0.3) is 0 Å². The summed E-state index contributed by atoms with van der Waals surface area (Å²) in [5.41, 5.74) is 15.9. The third-order valence-electron chi connectivity index (χ3n) is 9.01. The zero-order valence-electron chi connectivity index (χ0n) is 14.7. The van der Waals surface area contributed by atoms with E-state index in [0.717, 1.165) is 17.8 Å². The van der Waals surface area contributed by atoms with Gasteiger partial charge in [-0.2, -0.15) is 0 Å². The monoisotopic (exact) mass is 305 g/mol. The molecular formula is C22H27N. The fourth-order valence-corrected chi connectivity index (χ4v) is 8.13. The Bertz CT molecular complexity index is 816. The first-order valence-electron chi connectivity index (χ1n) is 9.43. The Kier molecular flexibility index (Phi) is 1.92. The average Bonchev–Trinajstić information content (AvgIpc) is 2.83. The minimum Gasteiger partial charge on any atom is -0.322 e. The van der Waals surface area contributed by atoms with Crippen LogP contribution in [-0.2, 0) is 18.3 Å². The van der Waals surface area contributed by atoms with Crippen molar-refractivity contribution in [1.82, 2.24) is 0 Å². The van der Waals surface area contributed by atoms with E-state index in [1.165, 1.54) is 24.8 Å². The zero-order valence-corrected chi connectivity index (χ0v) is 14.7. The quantitative estimate of drug-likeness (QED) is 0.724. The Morgan fingerprint density at radius 1 is 1.17 bits per heavy atom. The Morgan fingerprint density at radius 3 is 2.70 bits per heavy atom. The summed E-state index contributed by atoms with van der Waals surface area (Å²) in [6, 6.07) is 2.46. The molecule has 6 rings (SSSR count). The summed E-state index contributed by atoms with van der Waals surface area (Å²) in [4.78, 5) is 0. The molecule has 2 spiro atoms. The largest absolute Gasteiger partial charge is 0.322 e. The number of allylic oxidation sites excluding steroid dienone is 1. The first kappa shape index (κ1) is 13.2. The van der Waals surface area contributed by atoms with Crippen molar-refractivity contribution in [3.63, 3.8) is 0 Å². The fourth-order valence-electron chi connectivity index (χ4n) is 8.13. The van der Waals surface area contributed by atoms with Crippen molar-refractivity contribution in [3.05, 3.63) is 46.0 Å². The summed E-state index contributed by atoms with van der Waals surface area (Å²) in [7, 11) is 0. The van der Waals surface area contributed by atoms with E-state index in [9.17, 15) is 0 Å². The molecule has 0 saturated heterocycles. The van der Waals surface area contributed by atoms with Gasteiger partial charge in [-0.05, 0) is 96.9 Å². The highest BCUT2D eigenvalue weighted by Gasteiger charge is 2.80. The number of hydrogen-bond acceptors (Lipinski definition) is 1. The average molecular weight is 305 g/mol. The Hall–Kier alpha value is -1.08. The molecule has 0 radical (unpaired) electrons. The molecule has 5 aliphatic rings. The van der Waals surface area contributed by atoms with E-state index in [1.54, 1.807) is 22.3 Å². The Balaban J connectivity index is 1.74. The topological polar surface area (TPSA) is 26.0 Å². The maximum absolute atomic E-state index is 6.85. The molecule has 7 unspecified atom stereocenters. The third-order valence-corrected chi connectivity index (χ3v) is 9.01. The lowest BCUT2D eigenvalue weighted by Gasteiger charge is -2.51. The van der Waals surface area contributed by atoms with Gasteiger partial charge in [0.2, 0.25) is 0 Å². The second kappa shape index (κ2) is 3.33. The van der Waals surface area contributed by atoms with E-state index >= 15 is 0 Å². The van der Waals surface area contributed by atoms with Crippen LogP contribution in [0, 0.1) is 42.9 Å². The van der Waals surface area contributed by atoms with Crippen LogP contribution in [0.15, 0.2) is 18.2 Å². The van der Waals surface area contributed by atoms with Gasteiger partial charge in [-0.15, -0.1) is 0 Å². The van der Waals surface area contributed by atoms with Crippen LogP contribution in [0.25, 0.3) is 0 Å². The lowest BCUT2D eigenvalue weighted by Crippen LogP contribution is -2.56. The molecule has 23 heavy (non-hydrogen) atoms. The van der Waals surface area contributed by atoms with Crippen LogP contribution in [0.2, 0.25) is 0 Å². The highest BCUT2D eigenvalue weighted by molar-refractivity contribution is 5.62. The van der Waals surface area contributed by atoms with E-state index in [1.807, 2.05) is 0 Å². The van der Waals surface area contributed by atoms with E-state index in [2.05, 4.69) is 45.9 Å². The van der Waals surface area contributed by atoms with Crippen LogP contribution in [0.1, 0.15) is 48.1 Å². The van der Waals surface area contributed by atoms with Crippen LogP contribution < -0.4 is 5.73 Å². The molecule has 7 atom stereocenters. The highest BCUT2D eigenvalue weighted by Crippen LogP contribution is 2.83. The standard InChI is InChI=1S/C22H27N/c1-11-7-12(2)15-9-21-10-22-16(18(21)13(21)3)5-6-20(4,23)17(22)8-14(11)19(15)22/h5-7,13,16-18H,8-10,23H2,1-4H3. The molecule has 1 nitrogen and oxygen atoms in total. The predicted octanol–water partition coefficient (Wildman–Crippen LogP) is 3.83. The molecule has 2 bridgehead atoms. The lowest BCUT2D eigenvalue weighted by atomic mass is 9.53. The molecule has 1 aromatic carbocycles. The molecular weight excluding hydrogens is 278 g/mol. The van der Waals surface area contributed by atoms with Gasteiger partial charge in [-0.25, -0.2) is 0 Å². The lowest BCUT2D eigenvalue weighted by molar-refractivity contribution is 0.126. The first-order valence-corrected chi connectivity index (χ1v) is 9.43. The number of nitrogens with two attached hydrogens (primary N) is 1. The number of aryl methyl sites for hydroxylation is 2. The van der Waals surface area contributed by atoms with Gasteiger partial charge in [0, 0.05) is 11.0 Å². The first-order chi connectivity index (χ1) is 10.8. The summed E-state index contributed by atoms with van der Waals surface area (Å²) < 4.78 is 0. The fraction of sp³-hybridized carbons (Fsp3) is 0.636. The Labute approximate surface area is 139 Å². The summed E-state index contributed by atoms with van der Waals surface area (Å²) in [5.74, 6) is 3.18. The molecule has 1 heteroatoms. The van der Waals surface area contributed by atoms with Crippen molar-refractivity contribution in [2.24, 2.45) is 34.8 Å². The van der Waals surface area contributed by atoms with Crippen LogP contribution >= 0.6 is 0 Å². The molecule has 2 fully saturated rings. The van der Waals surface area contributed by atoms with Gasteiger partial charge in [-0.3, -0.25) is 0 Å². The molecule has 120 valence electrons. The van der Waals surface area contributed by atoms with E-state index in [4.69, 9.17) is 5.73 Å². The van der Waals surface area contributed by atoms with E-state index in [0.29, 0.717) is 16.7 Å². The molecule has 0 aromatic heterocycles. The molecule has 0 heterocycles. The van der Waals surface area contributed by atoms with Crippen LogP contribution in [0.4, 0.5) is 0 Å². The molecule has 1 aromatic rings. The van der Waals surface area contributed by atoms with E-state index in [-0.39, 0.29) is 5.54 Å². The molecule has 0 aliphatic heterocycles. The number of rotatable bonds is 0. The zero-order chi connectivity index (χ0) is 15.9. The summed E-state index contributed by atoms with van der Waals surface area (Å²) in [6.45, 7) is 9.48. The number of hydrogen-bond donors (Lipinski definition) is 1. The molecule has 2 saturated carbocycles. The summed E-state index contributed by atoms with van der Waals surface area (Å²) in [6.07, 6.45) is 8.89. The SMILES string of the molecule is Cc1cc(C)c2c3c1CC1C(C)(N)C=CC4C5C(C)C5(C2)CC341. The van der Waals surface area contributed by atoms with Gasteiger partial charge in [0.15, 0.2) is 0 Å². The van der Waals surface area contributed by atoms with Gasteiger partial charge in [0.05, 0.1) is 0 Å². The van der Waals surface area contributed by atoms with Crippen molar-refractivity contribution in [2.45, 2.75) is 57.9 Å². The summed E-state index contributed by atoms with van der Waals surface area (Å²) >= 11 is 0. The van der Waals surface area contributed by atoms with Crippen LogP contribution in [0.5, 0.6) is 0 Å². The maximum Gasteiger partial charge on any atom is 0.0351 e. The van der Waals surface area contributed by atoms with Crippen molar-refractivity contribution in [2.75, 3.05) is 0 Å². The van der Waals surface area contributed by atoms with Crippen molar-refractivity contribution >= 4 is 0 Å². The normalized spacial score (nSPS) is 53.3. The van der Waals surface area contributed by atoms with Gasteiger partial charge in [0.1, 0.15) is 0 Å². The minimum absolute atomic E-state index is 0.147. The highest BCUT2D eigenvalue weighted by atomic mass is 14.9. The molecule has 2 N–H and O–H groups in total. The predicted molar refractivity (Wildman–Crippen MR) is 93.4 cm³/mol. The second-order valence-corrected chi connectivity index (χ2v) is 9.79. The van der Waals surface area contributed by atoms with Gasteiger partial charge in [-0.1, -0.05) is 25.1 Å². The molecule has 0 amide bonds. The number of benzene rings is 1. The van der Waals surface area contributed by atoms with Crippen molar-refractivity contribution in [3.8, 4) is 0 Å². The smallest absolute Gasteiger partial charge is 0.0351 e. The van der Waals surface area contributed by atoms with Gasteiger partial charge >= 0.3 is 0 Å². The number of fused-ring (bicyclic) bond motifs is 1. The summed E-state index contributed by atoms with van der Waals surface area (Å²) in [5, 5.41) is 0. The molecule has 5 aliphatic carbocycles. The van der Waals surface area contributed by atoms with Crippen LogP contribution in [-0.4, -0.2) is 5.54 Å². The van der Waals surface area contributed by atoms with Crippen molar-refractivity contribution in [1.29, 1.82) is 0 Å². The Morgan fingerprint density at radius 2 is 1.91 bits per heavy atom. The van der Waals surface area contributed by atoms with Crippen molar-refractivity contribution < 1.29 is 0 Å². The van der Waals surface area contributed by atoms with Crippen LogP contribution in [0.3, 0.4) is 0 Å². The maximum atomic E-state index is 6.85. The second-order valence-electron chi connectivity index (χ2n) is 9.79. The minimum atomic E-state index is -0.147. The van der Waals surface area contributed by atoms with Gasteiger partial charge < -0.3 is 5.73 Å². The van der Waals surface area contributed by atoms with E-state index < -0.39 is 0 Å².